The zero-order chi connectivity index (χ0) is 16.7. The molecule has 3 aliphatic heterocycles. The maximum absolute atomic E-state index is 12.6. The lowest BCUT2D eigenvalue weighted by Crippen LogP contribution is -2.57. The third kappa shape index (κ3) is 2.79. The second-order valence-corrected chi connectivity index (χ2v) is 9.36. The molecule has 6 heteroatoms. The predicted octanol–water partition coefficient (Wildman–Crippen LogP) is 1.39. The summed E-state index contributed by atoms with van der Waals surface area (Å²) < 4.78 is 26.9. The summed E-state index contributed by atoms with van der Waals surface area (Å²) >= 11 is 0. The van der Waals surface area contributed by atoms with E-state index < -0.39 is 10.0 Å². The number of aliphatic hydroxyl groups excluding tert-OH is 1. The van der Waals surface area contributed by atoms with Crippen molar-refractivity contribution in [3.05, 3.63) is 35.4 Å². The highest BCUT2D eigenvalue weighted by Crippen LogP contribution is 2.43. The van der Waals surface area contributed by atoms with E-state index >= 15 is 0 Å². The first-order valence-electron chi connectivity index (χ1n) is 9.02. The van der Waals surface area contributed by atoms with Crippen LogP contribution in [0.3, 0.4) is 0 Å². The van der Waals surface area contributed by atoms with E-state index in [-0.39, 0.29) is 18.4 Å². The minimum Gasteiger partial charge on any atom is -0.395 e. The number of hydrogen-bond acceptors (Lipinski definition) is 4. The number of sulfonamides is 1. The molecule has 0 amide bonds. The van der Waals surface area contributed by atoms with Crippen molar-refractivity contribution in [1.82, 2.24) is 9.21 Å². The van der Waals surface area contributed by atoms with Crippen molar-refractivity contribution in [3.8, 4) is 0 Å². The highest BCUT2D eigenvalue weighted by Gasteiger charge is 2.45. The zero-order valence-electron chi connectivity index (χ0n) is 14.0. The summed E-state index contributed by atoms with van der Waals surface area (Å²) in [4.78, 5) is 2.56. The molecule has 24 heavy (non-hydrogen) atoms. The molecule has 0 aliphatic carbocycles. The van der Waals surface area contributed by atoms with Crippen LogP contribution in [0.15, 0.2) is 24.3 Å². The lowest BCUT2D eigenvalue weighted by molar-refractivity contribution is 0.0219. The normalized spacial score (nSPS) is 31.1. The molecule has 2 saturated heterocycles. The monoisotopic (exact) mass is 350 g/mol. The van der Waals surface area contributed by atoms with Gasteiger partial charge in [-0.25, -0.2) is 8.42 Å². The van der Waals surface area contributed by atoms with E-state index in [2.05, 4.69) is 29.2 Å². The first-order valence-corrected chi connectivity index (χ1v) is 10.6. The molecule has 1 aromatic rings. The second kappa shape index (κ2) is 6.41. The molecular formula is C18H26N2O3S. The predicted molar refractivity (Wildman–Crippen MR) is 93.2 cm³/mol. The van der Waals surface area contributed by atoms with Crippen LogP contribution in [0, 0.1) is 5.92 Å². The molecule has 0 aromatic heterocycles. The molecule has 3 heterocycles. The van der Waals surface area contributed by atoms with Crippen LogP contribution in [-0.4, -0.2) is 60.8 Å². The number of hydrogen-bond donors (Lipinski definition) is 1. The summed E-state index contributed by atoms with van der Waals surface area (Å²) in [5, 5.41) is 9.13. The van der Waals surface area contributed by atoms with Crippen molar-refractivity contribution >= 4 is 10.0 Å². The van der Waals surface area contributed by atoms with Gasteiger partial charge in [0.15, 0.2) is 0 Å². The Labute approximate surface area is 144 Å². The maximum atomic E-state index is 12.6. The highest BCUT2D eigenvalue weighted by molar-refractivity contribution is 7.89. The zero-order valence-corrected chi connectivity index (χ0v) is 14.8. The lowest BCUT2D eigenvalue weighted by atomic mass is 9.77. The third-order valence-electron chi connectivity index (χ3n) is 6.03. The van der Waals surface area contributed by atoms with E-state index in [1.807, 2.05) is 0 Å². The number of aliphatic hydroxyl groups is 1. The summed E-state index contributed by atoms with van der Waals surface area (Å²) in [7, 11) is -3.35. The van der Waals surface area contributed by atoms with Gasteiger partial charge in [0.05, 0.1) is 12.4 Å². The summed E-state index contributed by atoms with van der Waals surface area (Å²) in [6.07, 6.45) is 4.02. The minimum atomic E-state index is -3.35. The van der Waals surface area contributed by atoms with E-state index in [0.29, 0.717) is 18.5 Å². The third-order valence-corrected chi connectivity index (χ3v) is 7.90. The van der Waals surface area contributed by atoms with Gasteiger partial charge < -0.3 is 5.11 Å². The fraction of sp³-hybridized carbons (Fsp3) is 0.667. The summed E-state index contributed by atoms with van der Waals surface area (Å²) in [6, 6.07) is 9.03. The standard InChI is InChI=1S/C18H26N2O3S/c21-10-11-24(22,23)20-8-3-5-15-13-19-9-7-14-4-1-2-6-16(14)18(19)12-17(15)20/h1-2,4,6,15,17-18,21H,3,5,7-13H2/t15-,17+,18-/m1/s1. The van der Waals surface area contributed by atoms with Crippen LogP contribution < -0.4 is 0 Å². The molecule has 4 rings (SSSR count). The summed E-state index contributed by atoms with van der Waals surface area (Å²) in [5.41, 5.74) is 2.80. The quantitative estimate of drug-likeness (QED) is 0.895. The van der Waals surface area contributed by atoms with Gasteiger partial charge in [-0.3, -0.25) is 4.90 Å². The topological polar surface area (TPSA) is 60.9 Å². The molecule has 132 valence electrons. The van der Waals surface area contributed by atoms with Gasteiger partial charge >= 0.3 is 0 Å². The number of fused-ring (bicyclic) bond motifs is 4. The largest absolute Gasteiger partial charge is 0.395 e. The van der Waals surface area contributed by atoms with Gasteiger partial charge in [0.1, 0.15) is 0 Å². The number of piperidine rings is 2. The van der Waals surface area contributed by atoms with Gasteiger partial charge in [-0.1, -0.05) is 24.3 Å². The minimum absolute atomic E-state index is 0.0858. The molecule has 3 atom stereocenters. The number of benzene rings is 1. The van der Waals surface area contributed by atoms with Gasteiger partial charge in [0, 0.05) is 31.7 Å². The van der Waals surface area contributed by atoms with Gasteiger partial charge in [0.25, 0.3) is 0 Å². The molecule has 3 aliphatic rings. The van der Waals surface area contributed by atoms with Crippen LogP contribution in [0.25, 0.3) is 0 Å². The SMILES string of the molecule is O=S(=O)(CCO)N1CCC[C@@H]2CN3CCc4ccccc4[C@H]3C[C@@H]21. The molecule has 2 fully saturated rings. The van der Waals surface area contributed by atoms with E-state index in [0.717, 1.165) is 38.8 Å². The van der Waals surface area contributed by atoms with Crippen LogP contribution in [0.2, 0.25) is 0 Å². The first kappa shape index (κ1) is 16.5. The Balaban J connectivity index is 1.64. The Hall–Kier alpha value is -0.950. The molecule has 0 saturated carbocycles. The van der Waals surface area contributed by atoms with Gasteiger partial charge in [-0.05, 0) is 42.7 Å². The molecule has 1 aromatic carbocycles. The Morgan fingerprint density at radius 2 is 2.04 bits per heavy atom. The van der Waals surface area contributed by atoms with Crippen molar-refractivity contribution in [2.45, 2.75) is 37.8 Å². The van der Waals surface area contributed by atoms with Gasteiger partial charge in [-0.15, -0.1) is 0 Å². The fourth-order valence-electron chi connectivity index (χ4n) is 4.93. The molecule has 0 radical (unpaired) electrons. The molecule has 0 unspecified atom stereocenters. The van der Waals surface area contributed by atoms with Crippen molar-refractivity contribution < 1.29 is 13.5 Å². The molecule has 1 N–H and O–H groups in total. The summed E-state index contributed by atoms with van der Waals surface area (Å²) in [6.45, 7) is 2.38. The van der Waals surface area contributed by atoms with E-state index in [9.17, 15) is 8.42 Å². The van der Waals surface area contributed by atoms with Crippen LogP contribution in [0.5, 0.6) is 0 Å². The average Bonchev–Trinajstić information content (AvgIpc) is 2.59. The Morgan fingerprint density at radius 1 is 1.21 bits per heavy atom. The highest BCUT2D eigenvalue weighted by atomic mass is 32.2. The lowest BCUT2D eigenvalue weighted by Gasteiger charge is -2.51. The smallest absolute Gasteiger partial charge is 0.216 e. The number of nitrogens with zero attached hydrogens (tertiary/aromatic N) is 2. The summed E-state index contributed by atoms with van der Waals surface area (Å²) in [5.74, 6) is 0.273. The van der Waals surface area contributed by atoms with Crippen molar-refractivity contribution in [1.29, 1.82) is 0 Å². The maximum Gasteiger partial charge on any atom is 0.216 e. The number of rotatable bonds is 3. The van der Waals surface area contributed by atoms with Crippen molar-refractivity contribution in [2.75, 3.05) is 32.0 Å². The Bertz CT molecular complexity index is 706. The van der Waals surface area contributed by atoms with Gasteiger partial charge in [0.2, 0.25) is 10.0 Å². The second-order valence-electron chi connectivity index (χ2n) is 7.32. The van der Waals surface area contributed by atoms with Crippen molar-refractivity contribution in [3.63, 3.8) is 0 Å². The molecule has 5 nitrogen and oxygen atoms in total. The molecule has 0 bridgehead atoms. The first-order chi connectivity index (χ1) is 11.6. The van der Waals surface area contributed by atoms with Gasteiger partial charge in [-0.2, -0.15) is 4.31 Å². The average molecular weight is 350 g/mol. The van der Waals surface area contributed by atoms with E-state index in [4.69, 9.17) is 5.11 Å². The van der Waals surface area contributed by atoms with Crippen LogP contribution >= 0.6 is 0 Å². The fourth-order valence-corrected chi connectivity index (χ4v) is 6.47. The van der Waals surface area contributed by atoms with Crippen LogP contribution in [0.1, 0.15) is 36.4 Å². The molecular weight excluding hydrogens is 324 g/mol. The van der Waals surface area contributed by atoms with Crippen molar-refractivity contribution in [2.24, 2.45) is 5.92 Å². The Morgan fingerprint density at radius 3 is 2.88 bits per heavy atom. The van der Waals surface area contributed by atoms with E-state index in [1.165, 1.54) is 11.1 Å². The Kier molecular flexibility index (Phi) is 4.41. The van der Waals surface area contributed by atoms with Crippen LogP contribution in [-0.2, 0) is 16.4 Å². The van der Waals surface area contributed by atoms with Crippen LogP contribution in [0.4, 0.5) is 0 Å². The van der Waals surface area contributed by atoms with E-state index in [1.54, 1.807) is 4.31 Å². The molecule has 0 spiro atoms.